The molecule has 3 rings (SSSR count). The summed E-state index contributed by atoms with van der Waals surface area (Å²) < 4.78 is 16.2. The highest BCUT2D eigenvalue weighted by Crippen LogP contribution is 2.39. The zero-order valence-electron chi connectivity index (χ0n) is 13.8. The van der Waals surface area contributed by atoms with Gasteiger partial charge >= 0.3 is 0 Å². The van der Waals surface area contributed by atoms with E-state index in [1.807, 2.05) is 12.1 Å². The Hall–Kier alpha value is -2.20. The van der Waals surface area contributed by atoms with Crippen LogP contribution in [0.25, 0.3) is 0 Å². The molecule has 0 unspecified atom stereocenters. The highest BCUT2D eigenvalue weighted by molar-refractivity contribution is 5.45. The summed E-state index contributed by atoms with van der Waals surface area (Å²) in [7, 11) is 5.04. The van der Waals surface area contributed by atoms with Crippen molar-refractivity contribution in [1.29, 1.82) is 0 Å². The molecule has 4 nitrogen and oxygen atoms in total. The van der Waals surface area contributed by atoms with Crippen LogP contribution in [0.4, 0.5) is 0 Å². The maximum absolute atomic E-state index is 5.45. The van der Waals surface area contributed by atoms with Crippen molar-refractivity contribution in [2.75, 3.05) is 34.4 Å². The fourth-order valence-electron chi connectivity index (χ4n) is 3.33. The summed E-state index contributed by atoms with van der Waals surface area (Å²) in [6.07, 6.45) is 0. The van der Waals surface area contributed by atoms with Crippen LogP contribution in [0.2, 0.25) is 0 Å². The van der Waals surface area contributed by atoms with Crippen LogP contribution in [0.1, 0.15) is 23.0 Å². The molecule has 0 aliphatic carbocycles. The number of rotatable bonds is 5. The molecule has 4 heteroatoms. The molecule has 0 saturated carbocycles. The summed E-state index contributed by atoms with van der Waals surface area (Å²) in [5, 5.41) is 3.51. The second kappa shape index (κ2) is 6.92. The molecule has 1 saturated heterocycles. The Morgan fingerprint density at radius 2 is 1.48 bits per heavy atom. The summed E-state index contributed by atoms with van der Waals surface area (Å²) in [5.74, 6) is 3.27. The maximum Gasteiger partial charge on any atom is 0.160 e. The minimum atomic E-state index is 0.405. The van der Waals surface area contributed by atoms with Gasteiger partial charge in [0.25, 0.3) is 0 Å². The minimum Gasteiger partial charge on any atom is -0.497 e. The van der Waals surface area contributed by atoms with Crippen molar-refractivity contribution < 1.29 is 14.2 Å². The Morgan fingerprint density at radius 3 is 2.13 bits per heavy atom. The van der Waals surface area contributed by atoms with Gasteiger partial charge < -0.3 is 19.5 Å². The zero-order valence-corrected chi connectivity index (χ0v) is 13.8. The molecule has 0 radical (unpaired) electrons. The van der Waals surface area contributed by atoms with E-state index < -0.39 is 0 Å². The average molecular weight is 313 g/mol. The largest absolute Gasteiger partial charge is 0.497 e. The molecule has 1 heterocycles. The monoisotopic (exact) mass is 313 g/mol. The predicted octanol–water partition coefficient (Wildman–Crippen LogP) is 3.18. The van der Waals surface area contributed by atoms with Crippen molar-refractivity contribution in [3.8, 4) is 17.2 Å². The molecule has 1 aliphatic heterocycles. The first-order valence-corrected chi connectivity index (χ1v) is 7.83. The Kier molecular flexibility index (Phi) is 4.72. The second-order valence-corrected chi connectivity index (χ2v) is 5.76. The van der Waals surface area contributed by atoms with Gasteiger partial charge in [0, 0.05) is 24.9 Å². The lowest BCUT2D eigenvalue weighted by molar-refractivity contribution is 0.354. The molecule has 0 amide bonds. The van der Waals surface area contributed by atoms with Gasteiger partial charge in [-0.25, -0.2) is 0 Å². The standard InChI is InChI=1S/C19H23NO3/c1-21-15-6-4-5-13(9-15)16-11-20-12-17(16)14-7-8-18(22-2)19(10-14)23-3/h4-10,16-17,20H,11-12H2,1-3H3/t16-,17-/m0/s1. The van der Waals surface area contributed by atoms with E-state index >= 15 is 0 Å². The third kappa shape index (κ3) is 3.13. The summed E-state index contributed by atoms with van der Waals surface area (Å²) in [4.78, 5) is 0. The summed E-state index contributed by atoms with van der Waals surface area (Å²) in [5.41, 5.74) is 2.56. The number of methoxy groups -OCH3 is 3. The van der Waals surface area contributed by atoms with Gasteiger partial charge in [-0.3, -0.25) is 0 Å². The Balaban J connectivity index is 1.92. The van der Waals surface area contributed by atoms with E-state index in [0.717, 1.165) is 30.3 Å². The topological polar surface area (TPSA) is 39.7 Å². The maximum atomic E-state index is 5.45. The van der Waals surface area contributed by atoms with Gasteiger partial charge in [-0.1, -0.05) is 18.2 Å². The Labute approximate surface area is 137 Å². The van der Waals surface area contributed by atoms with Crippen LogP contribution in [-0.4, -0.2) is 34.4 Å². The molecule has 23 heavy (non-hydrogen) atoms. The lowest BCUT2D eigenvalue weighted by Crippen LogP contribution is -2.09. The fraction of sp³-hybridized carbons (Fsp3) is 0.368. The first kappa shape index (κ1) is 15.7. The quantitative estimate of drug-likeness (QED) is 0.920. The van der Waals surface area contributed by atoms with Crippen LogP contribution < -0.4 is 19.5 Å². The van der Waals surface area contributed by atoms with E-state index in [1.165, 1.54) is 11.1 Å². The summed E-state index contributed by atoms with van der Waals surface area (Å²) >= 11 is 0. The number of hydrogen-bond donors (Lipinski definition) is 1. The van der Waals surface area contributed by atoms with Gasteiger partial charge in [0.1, 0.15) is 5.75 Å². The summed E-state index contributed by atoms with van der Waals surface area (Å²) in [6, 6.07) is 14.5. The highest BCUT2D eigenvalue weighted by atomic mass is 16.5. The van der Waals surface area contributed by atoms with E-state index in [2.05, 4.69) is 35.6 Å². The molecule has 122 valence electrons. The number of ether oxygens (including phenoxy) is 3. The molecule has 1 aliphatic rings. The second-order valence-electron chi connectivity index (χ2n) is 5.76. The van der Waals surface area contributed by atoms with Crippen molar-refractivity contribution in [2.45, 2.75) is 11.8 Å². The van der Waals surface area contributed by atoms with Gasteiger partial charge in [0.05, 0.1) is 21.3 Å². The lowest BCUT2D eigenvalue weighted by atomic mass is 9.84. The number of nitrogens with one attached hydrogen (secondary N) is 1. The van der Waals surface area contributed by atoms with Crippen LogP contribution in [0.15, 0.2) is 42.5 Å². The SMILES string of the molecule is COc1cccc([C@@H]2CNC[C@H]2c2ccc(OC)c(OC)c2)c1. The number of hydrogen-bond acceptors (Lipinski definition) is 4. The van der Waals surface area contributed by atoms with E-state index in [0.29, 0.717) is 11.8 Å². The molecular weight excluding hydrogens is 290 g/mol. The van der Waals surface area contributed by atoms with E-state index in [-0.39, 0.29) is 0 Å². The van der Waals surface area contributed by atoms with E-state index in [4.69, 9.17) is 14.2 Å². The predicted molar refractivity (Wildman–Crippen MR) is 90.9 cm³/mol. The van der Waals surface area contributed by atoms with Gasteiger partial charge in [-0.2, -0.15) is 0 Å². The van der Waals surface area contributed by atoms with E-state index in [1.54, 1.807) is 21.3 Å². The van der Waals surface area contributed by atoms with Crippen molar-refractivity contribution in [1.82, 2.24) is 5.32 Å². The Morgan fingerprint density at radius 1 is 0.783 bits per heavy atom. The third-order valence-corrected chi connectivity index (χ3v) is 4.57. The molecule has 0 spiro atoms. The van der Waals surface area contributed by atoms with Crippen LogP contribution in [-0.2, 0) is 0 Å². The lowest BCUT2D eigenvalue weighted by Gasteiger charge is -2.21. The van der Waals surface area contributed by atoms with Crippen molar-refractivity contribution in [3.63, 3.8) is 0 Å². The highest BCUT2D eigenvalue weighted by Gasteiger charge is 2.30. The van der Waals surface area contributed by atoms with Crippen LogP contribution in [0, 0.1) is 0 Å². The first-order chi connectivity index (χ1) is 11.3. The van der Waals surface area contributed by atoms with Crippen LogP contribution in [0.5, 0.6) is 17.2 Å². The van der Waals surface area contributed by atoms with Gasteiger partial charge in [0.2, 0.25) is 0 Å². The third-order valence-electron chi connectivity index (χ3n) is 4.57. The van der Waals surface area contributed by atoms with Crippen molar-refractivity contribution in [2.24, 2.45) is 0 Å². The number of benzene rings is 2. The molecule has 0 aromatic heterocycles. The molecule has 1 N–H and O–H groups in total. The first-order valence-electron chi connectivity index (χ1n) is 7.83. The normalized spacial score (nSPS) is 20.3. The molecule has 2 aromatic rings. The molecule has 1 fully saturated rings. The van der Waals surface area contributed by atoms with Crippen molar-refractivity contribution >= 4 is 0 Å². The Bertz CT molecular complexity index is 671. The van der Waals surface area contributed by atoms with Gasteiger partial charge in [0.15, 0.2) is 11.5 Å². The summed E-state index contributed by atoms with van der Waals surface area (Å²) in [6.45, 7) is 1.92. The van der Waals surface area contributed by atoms with E-state index in [9.17, 15) is 0 Å². The van der Waals surface area contributed by atoms with Crippen LogP contribution in [0.3, 0.4) is 0 Å². The van der Waals surface area contributed by atoms with Gasteiger partial charge in [-0.15, -0.1) is 0 Å². The molecule has 2 atom stereocenters. The smallest absolute Gasteiger partial charge is 0.160 e. The molecule has 2 aromatic carbocycles. The zero-order chi connectivity index (χ0) is 16.2. The van der Waals surface area contributed by atoms with Crippen LogP contribution >= 0.6 is 0 Å². The average Bonchev–Trinajstić information content (AvgIpc) is 3.10. The molecule has 0 bridgehead atoms. The van der Waals surface area contributed by atoms with Crippen molar-refractivity contribution in [3.05, 3.63) is 53.6 Å². The fourth-order valence-corrected chi connectivity index (χ4v) is 3.33. The van der Waals surface area contributed by atoms with Gasteiger partial charge in [-0.05, 0) is 35.4 Å². The minimum absolute atomic E-state index is 0.405. The molecular formula is C19H23NO3.